The Morgan fingerprint density at radius 2 is 0.691 bits per heavy atom. The molecule has 0 radical (unpaired) electrons. The molecule has 6 nitrogen and oxygen atoms in total. The van der Waals surface area contributed by atoms with Gasteiger partial charge in [0, 0.05) is 19.3 Å². The highest BCUT2D eigenvalue weighted by atomic mass is 16.6. The van der Waals surface area contributed by atoms with Crippen LogP contribution in [0.4, 0.5) is 0 Å². The molecule has 55 heavy (non-hydrogen) atoms. The van der Waals surface area contributed by atoms with Crippen LogP contribution >= 0.6 is 0 Å². The molecule has 0 amide bonds. The van der Waals surface area contributed by atoms with Crippen LogP contribution in [0, 0.1) is 11.8 Å². The molecule has 0 rings (SSSR count). The molecule has 0 aromatic carbocycles. The standard InChI is InChI=1S/C49H94O6/c1-6-8-9-10-11-12-13-14-15-16-17-18-25-31-36-41-49(52)55-46(43-54-48(51)40-35-30-26-21-22-27-32-37-44(3)4)42-53-47(50)39-34-29-24-20-19-23-28-33-38-45(5)7-2/h44-46H,6-43H2,1-5H3/t45?,46-/m0/s1. The van der Waals surface area contributed by atoms with Crippen LogP contribution in [0.25, 0.3) is 0 Å². The minimum Gasteiger partial charge on any atom is -0.462 e. The first-order valence-corrected chi connectivity index (χ1v) is 24.3. The summed E-state index contributed by atoms with van der Waals surface area (Å²) in [7, 11) is 0. The van der Waals surface area contributed by atoms with Gasteiger partial charge in [0.2, 0.25) is 0 Å². The first-order valence-electron chi connectivity index (χ1n) is 24.3. The number of hydrogen-bond acceptors (Lipinski definition) is 6. The lowest BCUT2D eigenvalue weighted by molar-refractivity contribution is -0.167. The van der Waals surface area contributed by atoms with Crippen molar-refractivity contribution in [1.29, 1.82) is 0 Å². The Bertz CT molecular complexity index is 841. The van der Waals surface area contributed by atoms with Gasteiger partial charge in [-0.25, -0.2) is 0 Å². The Kier molecular flexibility index (Phi) is 40.8. The van der Waals surface area contributed by atoms with Crippen molar-refractivity contribution in [2.45, 2.75) is 272 Å². The van der Waals surface area contributed by atoms with Crippen LogP contribution < -0.4 is 0 Å². The van der Waals surface area contributed by atoms with Crippen LogP contribution in [0.1, 0.15) is 266 Å². The molecule has 0 aromatic heterocycles. The number of carbonyl (C=O) groups excluding carboxylic acids is 3. The van der Waals surface area contributed by atoms with Gasteiger partial charge in [-0.2, -0.15) is 0 Å². The highest BCUT2D eigenvalue weighted by molar-refractivity contribution is 5.71. The molecule has 0 fully saturated rings. The molecule has 326 valence electrons. The van der Waals surface area contributed by atoms with Crippen molar-refractivity contribution >= 4 is 17.9 Å². The maximum Gasteiger partial charge on any atom is 0.306 e. The van der Waals surface area contributed by atoms with Crippen LogP contribution in [-0.2, 0) is 28.6 Å². The second kappa shape index (κ2) is 42.0. The average molecular weight is 779 g/mol. The van der Waals surface area contributed by atoms with E-state index in [9.17, 15) is 14.4 Å². The zero-order chi connectivity index (χ0) is 40.5. The molecule has 0 spiro atoms. The largest absolute Gasteiger partial charge is 0.462 e. The van der Waals surface area contributed by atoms with Crippen molar-refractivity contribution in [3.05, 3.63) is 0 Å². The summed E-state index contributed by atoms with van der Waals surface area (Å²) in [6.07, 6.45) is 40.9. The molecule has 0 heterocycles. The third kappa shape index (κ3) is 41.9. The zero-order valence-electron chi connectivity index (χ0n) is 37.6. The Morgan fingerprint density at radius 3 is 1.04 bits per heavy atom. The smallest absolute Gasteiger partial charge is 0.306 e. The molecular formula is C49H94O6. The predicted octanol–water partition coefficient (Wildman–Crippen LogP) is 15.4. The van der Waals surface area contributed by atoms with E-state index in [1.54, 1.807) is 0 Å². The van der Waals surface area contributed by atoms with Gasteiger partial charge >= 0.3 is 17.9 Å². The van der Waals surface area contributed by atoms with Crippen LogP contribution in [-0.4, -0.2) is 37.2 Å². The van der Waals surface area contributed by atoms with E-state index >= 15 is 0 Å². The van der Waals surface area contributed by atoms with Crippen LogP contribution in [0.3, 0.4) is 0 Å². The van der Waals surface area contributed by atoms with Gasteiger partial charge in [0.1, 0.15) is 13.2 Å². The highest BCUT2D eigenvalue weighted by Crippen LogP contribution is 2.17. The summed E-state index contributed by atoms with van der Waals surface area (Å²) in [5.74, 6) is 0.773. The molecule has 0 aliphatic carbocycles. The number of esters is 3. The van der Waals surface area contributed by atoms with Gasteiger partial charge in [0.05, 0.1) is 0 Å². The molecule has 0 saturated carbocycles. The van der Waals surface area contributed by atoms with Crippen molar-refractivity contribution in [3.63, 3.8) is 0 Å². The fraction of sp³-hybridized carbons (Fsp3) is 0.939. The predicted molar refractivity (Wildman–Crippen MR) is 233 cm³/mol. The first-order chi connectivity index (χ1) is 26.8. The third-order valence-electron chi connectivity index (χ3n) is 11.3. The van der Waals surface area contributed by atoms with Crippen LogP contribution in [0.5, 0.6) is 0 Å². The van der Waals surface area contributed by atoms with E-state index in [0.29, 0.717) is 19.3 Å². The summed E-state index contributed by atoms with van der Waals surface area (Å²) in [5.41, 5.74) is 0. The van der Waals surface area contributed by atoms with Crippen LogP contribution in [0.2, 0.25) is 0 Å². The summed E-state index contributed by atoms with van der Waals surface area (Å²) in [6, 6.07) is 0. The fourth-order valence-electron chi connectivity index (χ4n) is 7.25. The van der Waals surface area contributed by atoms with E-state index in [1.165, 1.54) is 154 Å². The third-order valence-corrected chi connectivity index (χ3v) is 11.3. The Labute approximate surface area is 342 Å². The Hall–Kier alpha value is -1.59. The van der Waals surface area contributed by atoms with E-state index in [2.05, 4.69) is 34.6 Å². The first kappa shape index (κ1) is 53.4. The highest BCUT2D eigenvalue weighted by Gasteiger charge is 2.19. The molecular weight excluding hydrogens is 685 g/mol. The van der Waals surface area contributed by atoms with Gasteiger partial charge in [0.15, 0.2) is 6.10 Å². The van der Waals surface area contributed by atoms with Gasteiger partial charge in [-0.05, 0) is 31.1 Å². The number of rotatable bonds is 43. The van der Waals surface area contributed by atoms with Gasteiger partial charge in [-0.15, -0.1) is 0 Å². The molecule has 0 N–H and O–H groups in total. The molecule has 0 aliphatic heterocycles. The van der Waals surface area contributed by atoms with E-state index in [4.69, 9.17) is 14.2 Å². The van der Waals surface area contributed by atoms with E-state index in [1.807, 2.05) is 0 Å². The lowest BCUT2D eigenvalue weighted by Crippen LogP contribution is -2.30. The van der Waals surface area contributed by atoms with Crippen molar-refractivity contribution in [1.82, 2.24) is 0 Å². The fourth-order valence-corrected chi connectivity index (χ4v) is 7.25. The zero-order valence-corrected chi connectivity index (χ0v) is 37.6. The number of ether oxygens (including phenoxy) is 3. The molecule has 2 atom stereocenters. The second-order valence-corrected chi connectivity index (χ2v) is 17.5. The average Bonchev–Trinajstić information content (AvgIpc) is 3.17. The van der Waals surface area contributed by atoms with Crippen molar-refractivity contribution in [2.75, 3.05) is 13.2 Å². The lowest BCUT2D eigenvalue weighted by atomic mass is 9.99. The molecule has 0 saturated heterocycles. The topological polar surface area (TPSA) is 78.9 Å². The molecule has 0 aromatic rings. The van der Waals surface area contributed by atoms with Crippen LogP contribution in [0.15, 0.2) is 0 Å². The summed E-state index contributed by atoms with van der Waals surface area (Å²) in [6.45, 7) is 11.3. The lowest BCUT2D eigenvalue weighted by Gasteiger charge is -2.18. The Morgan fingerprint density at radius 1 is 0.382 bits per heavy atom. The Balaban J connectivity index is 4.32. The maximum atomic E-state index is 12.7. The van der Waals surface area contributed by atoms with Crippen molar-refractivity contribution in [2.24, 2.45) is 11.8 Å². The SMILES string of the molecule is CCCCCCCCCCCCCCCCCC(=O)O[C@@H](COC(=O)CCCCCCCCCCC(C)CC)COC(=O)CCCCCCCCCC(C)C. The number of hydrogen-bond donors (Lipinski definition) is 0. The van der Waals surface area contributed by atoms with Crippen molar-refractivity contribution in [3.8, 4) is 0 Å². The number of carbonyl (C=O) groups is 3. The van der Waals surface area contributed by atoms with Gasteiger partial charge in [-0.1, -0.05) is 227 Å². The summed E-state index contributed by atoms with van der Waals surface area (Å²) < 4.78 is 16.7. The molecule has 0 aliphatic rings. The minimum atomic E-state index is -0.761. The van der Waals surface area contributed by atoms with Gasteiger partial charge < -0.3 is 14.2 Å². The summed E-state index contributed by atoms with van der Waals surface area (Å²) >= 11 is 0. The number of unbranched alkanes of at least 4 members (excludes halogenated alkanes) is 27. The van der Waals surface area contributed by atoms with E-state index < -0.39 is 6.10 Å². The molecule has 1 unspecified atom stereocenters. The monoisotopic (exact) mass is 779 g/mol. The minimum absolute atomic E-state index is 0.0653. The van der Waals surface area contributed by atoms with E-state index in [0.717, 1.165) is 69.6 Å². The summed E-state index contributed by atoms with van der Waals surface area (Å²) in [5, 5.41) is 0. The molecule has 0 bridgehead atoms. The van der Waals surface area contributed by atoms with Gasteiger partial charge in [0.25, 0.3) is 0 Å². The maximum absolute atomic E-state index is 12.7. The van der Waals surface area contributed by atoms with Crippen molar-refractivity contribution < 1.29 is 28.6 Å². The summed E-state index contributed by atoms with van der Waals surface area (Å²) in [4.78, 5) is 37.8. The quantitative estimate of drug-likeness (QED) is 0.0348. The van der Waals surface area contributed by atoms with Gasteiger partial charge in [-0.3, -0.25) is 14.4 Å². The van der Waals surface area contributed by atoms with E-state index in [-0.39, 0.29) is 31.1 Å². The normalized spacial score (nSPS) is 12.5. The molecule has 6 heteroatoms. The second-order valence-electron chi connectivity index (χ2n) is 17.5.